The lowest BCUT2D eigenvalue weighted by molar-refractivity contribution is -0.137. The molecule has 1 aromatic heterocycles. The lowest BCUT2D eigenvalue weighted by Gasteiger charge is -2.48. The Bertz CT molecular complexity index is 1340. The number of likely N-dealkylation sites (tertiary alicyclic amines) is 2. The first kappa shape index (κ1) is 30.8. The van der Waals surface area contributed by atoms with Crippen LogP contribution in [0.2, 0.25) is 5.02 Å². The van der Waals surface area contributed by atoms with Crippen molar-refractivity contribution in [1.82, 2.24) is 29.9 Å². The molecule has 8 nitrogen and oxygen atoms in total. The highest BCUT2D eigenvalue weighted by Gasteiger charge is 2.44. The van der Waals surface area contributed by atoms with Gasteiger partial charge in [-0.2, -0.15) is 5.10 Å². The number of carbonyl (C=O) groups excluding carboxylic acids is 2. The zero-order valence-corrected chi connectivity index (χ0v) is 26.4. The molecule has 1 aliphatic carbocycles. The van der Waals surface area contributed by atoms with Gasteiger partial charge in [-0.25, -0.2) is 4.98 Å². The fourth-order valence-electron chi connectivity index (χ4n) is 7.81. The number of halogens is 1. The molecule has 2 aromatic carbocycles. The monoisotopic (exact) mass is 616 g/mol. The Labute approximate surface area is 266 Å². The summed E-state index contributed by atoms with van der Waals surface area (Å²) in [5.74, 6) is 0.934. The van der Waals surface area contributed by atoms with Gasteiger partial charge < -0.3 is 15.1 Å². The van der Waals surface area contributed by atoms with Gasteiger partial charge in [0.05, 0.1) is 6.04 Å². The van der Waals surface area contributed by atoms with Crippen LogP contribution in [0.4, 0.5) is 0 Å². The molecule has 0 radical (unpaired) electrons. The Hall–Kier alpha value is -3.23. The molecule has 2 saturated heterocycles. The number of hydrogen-bond donors (Lipinski definition) is 1. The minimum absolute atomic E-state index is 0.0819. The number of nitrogens with zero attached hydrogens (tertiary/aromatic N) is 5. The third-order valence-corrected chi connectivity index (χ3v) is 10.6. The van der Waals surface area contributed by atoms with Crippen molar-refractivity contribution >= 4 is 23.4 Å². The molecule has 0 bridgehead atoms. The second-order valence-electron chi connectivity index (χ2n) is 13.1. The standard InChI is InChI=1S/C35H45ClN6O2/c36-30-13-11-27(12-14-30)23-32(39-31-15-19-40(20-16-31)33(43)28-7-3-1-4-8-28)34(44)41-21-17-35(18-22-41,24-42-26-37-25-38-42)29-9-5-2-6-10-29/h1,3-4,7-8,11-14,25-26,29,31-32,39H,2,5-6,9-10,15-24H2/t32-/m1/s1. The summed E-state index contributed by atoms with van der Waals surface area (Å²) >= 11 is 6.18. The Morgan fingerprint density at radius 1 is 0.886 bits per heavy atom. The Morgan fingerprint density at radius 2 is 1.59 bits per heavy atom. The lowest BCUT2D eigenvalue weighted by atomic mass is 9.63. The van der Waals surface area contributed by atoms with E-state index in [0.717, 1.165) is 56.4 Å². The Kier molecular flexibility index (Phi) is 9.97. The highest BCUT2D eigenvalue weighted by molar-refractivity contribution is 6.30. The van der Waals surface area contributed by atoms with Gasteiger partial charge in [-0.3, -0.25) is 14.3 Å². The molecule has 3 aliphatic rings. The third-order valence-electron chi connectivity index (χ3n) is 10.4. The molecule has 3 fully saturated rings. The van der Waals surface area contributed by atoms with Crippen molar-refractivity contribution in [1.29, 1.82) is 0 Å². The van der Waals surface area contributed by atoms with Gasteiger partial charge in [-0.1, -0.05) is 61.2 Å². The molecule has 44 heavy (non-hydrogen) atoms. The summed E-state index contributed by atoms with van der Waals surface area (Å²) in [6, 6.07) is 17.2. The average Bonchev–Trinajstić information content (AvgIpc) is 3.59. The van der Waals surface area contributed by atoms with Gasteiger partial charge in [-0.05, 0) is 86.1 Å². The van der Waals surface area contributed by atoms with E-state index in [1.807, 2.05) is 70.5 Å². The molecule has 1 atom stereocenters. The van der Waals surface area contributed by atoms with Crippen LogP contribution in [0.15, 0.2) is 67.3 Å². The van der Waals surface area contributed by atoms with Gasteiger partial charge >= 0.3 is 0 Å². The van der Waals surface area contributed by atoms with Gasteiger partial charge in [-0.15, -0.1) is 0 Å². The van der Waals surface area contributed by atoms with Gasteiger partial charge in [0.2, 0.25) is 5.91 Å². The molecule has 0 unspecified atom stereocenters. The SMILES string of the molecule is O=C(c1ccccc1)N1CCC(N[C@H](Cc2ccc(Cl)cc2)C(=O)N2CCC(Cn3cncn3)(C3CCCCC3)CC2)CC1. The van der Waals surface area contributed by atoms with Crippen LogP contribution in [-0.4, -0.2) is 74.6 Å². The van der Waals surface area contributed by atoms with Crippen LogP contribution in [0.1, 0.15) is 73.7 Å². The minimum atomic E-state index is -0.324. The molecular weight excluding hydrogens is 572 g/mol. The number of piperidine rings is 2. The summed E-state index contributed by atoms with van der Waals surface area (Å²) in [6.45, 7) is 3.79. The predicted octanol–water partition coefficient (Wildman–Crippen LogP) is 5.63. The molecule has 0 spiro atoms. The fourth-order valence-corrected chi connectivity index (χ4v) is 7.94. The number of carbonyl (C=O) groups is 2. The molecule has 1 N–H and O–H groups in total. The van der Waals surface area contributed by atoms with Gasteiger partial charge in [0, 0.05) is 49.4 Å². The van der Waals surface area contributed by atoms with Crippen molar-refractivity contribution in [2.75, 3.05) is 26.2 Å². The molecule has 6 rings (SSSR count). The summed E-state index contributed by atoms with van der Waals surface area (Å²) in [7, 11) is 0. The normalized spacial score (nSPS) is 20.4. The molecule has 9 heteroatoms. The van der Waals surface area contributed by atoms with E-state index in [2.05, 4.69) is 20.3 Å². The van der Waals surface area contributed by atoms with E-state index < -0.39 is 0 Å². The first-order valence-electron chi connectivity index (χ1n) is 16.5. The fraction of sp³-hybridized carbons (Fsp3) is 0.543. The largest absolute Gasteiger partial charge is 0.341 e. The first-order valence-corrected chi connectivity index (χ1v) is 16.8. The van der Waals surface area contributed by atoms with E-state index in [9.17, 15) is 9.59 Å². The van der Waals surface area contributed by atoms with Gasteiger partial charge in [0.25, 0.3) is 5.91 Å². The van der Waals surface area contributed by atoms with Crippen LogP contribution in [-0.2, 0) is 17.8 Å². The van der Waals surface area contributed by atoms with Gasteiger partial charge in [0.15, 0.2) is 0 Å². The number of benzene rings is 2. The Morgan fingerprint density at radius 3 is 2.25 bits per heavy atom. The lowest BCUT2D eigenvalue weighted by Crippen LogP contribution is -2.56. The van der Waals surface area contributed by atoms with Crippen molar-refractivity contribution in [2.24, 2.45) is 11.3 Å². The van der Waals surface area contributed by atoms with E-state index in [1.165, 1.54) is 32.1 Å². The van der Waals surface area contributed by atoms with Crippen LogP contribution in [0.5, 0.6) is 0 Å². The van der Waals surface area contributed by atoms with Crippen LogP contribution < -0.4 is 5.32 Å². The van der Waals surface area contributed by atoms with Crippen molar-refractivity contribution in [3.63, 3.8) is 0 Å². The van der Waals surface area contributed by atoms with Crippen molar-refractivity contribution < 1.29 is 9.59 Å². The molecule has 3 heterocycles. The first-order chi connectivity index (χ1) is 21.5. The zero-order valence-electron chi connectivity index (χ0n) is 25.6. The quantitative estimate of drug-likeness (QED) is 0.337. The van der Waals surface area contributed by atoms with Crippen LogP contribution in [0.3, 0.4) is 0 Å². The number of hydrogen-bond acceptors (Lipinski definition) is 5. The van der Waals surface area contributed by atoms with Crippen molar-refractivity contribution in [3.8, 4) is 0 Å². The van der Waals surface area contributed by atoms with Crippen LogP contribution in [0.25, 0.3) is 0 Å². The summed E-state index contributed by atoms with van der Waals surface area (Å²) in [5.41, 5.74) is 1.98. The maximum absolute atomic E-state index is 14.3. The topological polar surface area (TPSA) is 83.4 Å². The minimum Gasteiger partial charge on any atom is -0.341 e. The predicted molar refractivity (Wildman–Crippen MR) is 172 cm³/mol. The number of rotatable bonds is 9. The molecule has 3 aromatic rings. The second-order valence-corrected chi connectivity index (χ2v) is 13.5. The molecular formula is C35H45ClN6O2. The number of aromatic nitrogens is 3. The molecule has 1 saturated carbocycles. The van der Waals surface area contributed by atoms with Crippen molar-refractivity contribution in [2.45, 2.75) is 82.8 Å². The second kappa shape index (κ2) is 14.2. The van der Waals surface area contributed by atoms with Crippen molar-refractivity contribution in [3.05, 3.63) is 83.4 Å². The molecule has 2 aliphatic heterocycles. The van der Waals surface area contributed by atoms with E-state index in [-0.39, 0.29) is 29.3 Å². The summed E-state index contributed by atoms with van der Waals surface area (Å²) in [4.78, 5) is 35.5. The van der Waals surface area contributed by atoms with E-state index >= 15 is 0 Å². The average molecular weight is 617 g/mol. The highest BCUT2D eigenvalue weighted by Crippen LogP contribution is 2.47. The number of amides is 2. The maximum Gasteiger partial charge on any atom is 0.253 e. The number of nitrogens with one attached hydrogen (secondary N) is 1. The van der Waals surface area contributed by atoms with E-state index in [0.29, 0.717) is 30.5 Å². The van der Waals surface area contributed by atoms with Crippen LogP contribution >= 0.6 is 11.6 Å². The van der Waals surface area contributed by atoms with Gasteiger partial charge in [0.1, 0.15) is 12.7 Å². The highest BCUT2D eigenvalue weighted by atomic mass is 35.5. The Balaban J connectivity index is 1.12. The summed E-state index contributed by atoms with van der Waals surface area (Å²) in [5, 5.41) is 8.91. The summed E-state index contributed by atoms with van der Waals surface area (Å²) in [6.07, 6.45) is 14.2. The van der Waals surface area contributed by atoms with E-state index in [1.54, 1.807) is 6.33 Å². The zero-order chi connectivity index (χ0) is 30.4. The van der Waals surface area contributed by atoms with E-state index in [4.69, 9.17) is 11.6 Å². The third kappa shape index (κ3) is 7.35. The van der Waals surface area contributed by atoms with Crippen LogP contribution in [0, 0.1) is 11.3 Å². The molecule has 234 valence electrons. The summed E-state index contributed by atoms with van der Waals surface area (Å²) < 4.78 is 2.01. The smallest absolute Gasteiger partial charge is 0.253 e. The maximum atomic E-state index is 14.3. The molecule has 2 amide bonds.